The smallest absolute Gasteiger partial charge is 0.254 e. The molecule has 1 fully saturated rings. The number of carbonyl (C=O) groups excluding carboxylic acids is 1. The molecule has 2 aromatic rings. The van der Waals surface area contributed by atoms with E-state index in [1.165, 1.54) is 0 Å². The molecule has 0 aromatic heterocycles. The summed E-state index contributed by atoms with van der Waals surface area (Å²) in [6.07, 6.45) is -0.190. The van der Waals surface area contributed by atoms with Crippen LogP contribution in [0.15, 0.2) is 48.5 Å². The van der Waals surface area contributed by atoms with Gasteiger partial charge in [0.05, 0.1) is 13.2 Å². The molecule has 1 amide bonds. The molecule has 2 aromatic carbocycles. The average Bonchev–Trinajstić information content (AvgIpc) is 2.62. The maximum atomic E-state index is 12.7. The lowest BCUT2D eigenvalue weighted by atomic mass is 10.1. The van der Waals surface area contributed by atoms with Crippen molar-refractivity contribution in [1.29, 1.82) is 0 Å². The van der Waals surface area contributed by atoms with Gasteiger partial charge in [-0.1, -0.05) is 41.9 Å². The highest BCUT2D eigenvalue weighted by Gasteiger charge is 2.27. The van der Waals surface area contributed by atoms with E-state index in [0.717, 1.165) is 11.1 Å². The van der Waals surface area contributed by atoms with Crippen LogP contribution >= 0.6 is 11.6 Å². The zero-order chi connectivity index (χ0) is 16.2. The Kier molecular flexibility index (Phi) is 4.96. The number of halogens is 1. The van der Waals surface area contributed by atoms with Crippen LogP contribution < -0.4 is 5.73 Å². The number of morpholine rings is 1. The van der Waals surface area contributed by atoms with Gasteiger partial charge < -0.3 is 15.4 Å². The van der Waals surface area contributed by atoms with Crippen LogP contribution in [0.5, 0.6) is 0 Å². The highest BCUT2D eigenvalue weighted by atomic mass is 35.5. The molecule has 4 nitrogen and oxygen atoms in total. The maximum Gasteiger partial charge on any atom is 0.254 e. The molecule has 2 N–H and O–H groups in total. The maximum absolute atomic E-state index is 12.7. The number of rotatable bonds is 3. The largest absolute Gasteiger partial charge is 0.370 e. The van der Waals surface area contributed by atoms with Crippen LogP contribution in [-0.4, -0.2) is 30.5 Å². The molecule has 0 spiro atoms. The summed E-state index contributed by atoms with van der Waals surface area (Å²) in [4.78, 5) is 14.5. The first-order chi connectivity index (χ1) is 11.2. The van der Waals surface area contributed by atoms with E-state index >= 15 is 0 Å². The molecule has 0 unspecified atom stereocenters. The van der Waals surface area contributed by atoms with E-state index < -0.39 is 0 Å². The summed E-state index contributed by atoms with van der Waals surface area (Å²) in [6.45, 7) is 2.06. The molecule has 0 radical (unpaired) electrons. The minimum absolute atomic E-state index is 0.00826. The Morgan fingerprint density at radius 1 is 1.22 bits per heavy atom. The molecule has 0 saturated carbocycles. The van der Waals surface area contributed by atoms with E-state index in [9.17, 15) is 4.79 Å². The molecule has 23 heavy (non-hydrogen) atoms. The summed E-state index contributed by atoms with van der Waals surface area (Å²) in [6, 6.07) is 15.0. The van der Waals surface area contributed by atoms with E-state index in [-0.39, 0.29) is 12.0 Å². The Hall–Kier alpha value is -1.88. The number of carbonyl (C=O) groups is 1. The first-order valence-corrected chi connectivity index (χ1v) is 8.01. The Morgan fingerprint density at radius 2 is 1.96 bits per heavy atom. The number of ether oxygens (including phenoxy) is 1. The van der Waals surface area contributed by atoms with Crippen LogP contribution in [0.1, 0.15) is 27.6 Å². The predicted molar refractivity (Wildman–Crippen MR) is 90.4 cm³/mol. The molecule has 1 saturated heterocycles. The fourth-order valence-corrected chi connectivity index (χ4v) is 2.98. The quantitative estimate of drug-likeness (QED) is 0.941. The van der Waals surface area contributed by atoms with Crippen molar-refractivity contribution in [2.75, 3.05) is 19.7 Å². The van der Waals surface area contributed by atoms with Crippen LogP contribution in [0.2, 0.25) is 5.02 Å². The van der Waals surface area contributed by atoms with Crippen LogP contribution in [0, 0.1) is 0 Å². The fourth-order valence-electron chi connectivity index (χ4n) is 2.72. The molecule has 1 aliphatic rings. The van der Waals surface area contributed by atoms with Gasteiger partial charge in [-0.05, 0) is 23.8 Å². The third-order valence-electron chi connectivity index (χ3n) is 4.04. The minimum Gasteiger partial charge on any atom is -0.370 e. The van der Waals surface area contributed by atoms with Gasteiger partial charge in [0.25, 0.3) is 5.91 Å². The van der Waals surface area contributed by atoms with Gasteiger partial charge in [-0.2, -0.15) is 0 Å². The summed E-state index contributed by atoms with van der Waals surface area (Å²) >= 11 is 6.24. The van der Waals surface area contributed by atoms with Crippen molar-refractivity contribution < 1.29 is 9.53 Å². The topological polar surface area (TPSA) is 55.6 Å². The summed E-state index contributed by atoms with van der Waals surface area (Å²) in [5, 5.41) is 0.666. The summed E-state index contributed by atoms with van der Waals surface area (Å²) in [7, 11) is 0. The van der Waals surface area contributed by atoms with Gasteiger partial charge in [-0.15, -0.1) is 0 Å². The molecule has 0 bridgehead atoms. The van der Waals surface area contributed by atoms with Crippen molar-refractivity contribution in [2.24, 2.45) is 5.73 Å². The lowest BCUT2D eigenvalue weighted by Crippen LogP contribution is -2.42. The van der Waals surface area contributed by atoms with Crippen LogP contribution in [0.4, 0.5) is 0 Å². The van der Waals surface area contributed by atoms with E-state index in [4.69, 9.17) is 22.1 Å². The second kappa shape index (κ2) is 7.13. The van der Waals surface area contributed by atoms with Crippen molar-refractivity contribution >= 4 is 17.5 Å². The third kappa shape index (κ3) is 3.55. The first kappa shape index (κ1) is 16.0. The zero-order valence-electron chi connectivity index (χ0n) is 12.7. The predicted octanol–water partition coefficient (Wildman–Crippen LogP) is 3.01. The Bertz CT molecular complexity index is 688. The summed E-state index contributed by atoms with van der Waals surface area (Å²) < 4.78 is 5.80. The number of benzene rings is 2. The van der Waals surface area contributed by atoms with Crippen molar-refractivity contribution in [3.63, 3.8) is 0 Å². The molecular weight excluding hydrogens is 312 g/mol. The standard InChI is InChI=1S/C18H19ClN2O2/c19-16-4-2-1-3-15(16)17-12-21(9-10-23-17)18(22)14-7-5-13(11-20)6-8-14/h1-8,17H,9-12,20H2/t17-/m1/s1. The van der Waals surface area contributed by atoms with E-state index in [1.54, 1.807) is 0 Å². The van der Waals surface area contributed by atoms with Crippen molar-refractivity contribution in [3.05, 3.63) is 70.2 Å². The fraction of sp³-hybridized carbons (Fsp3) is 0.278. The highest BCUT2D eigenvalue weighted by Crippen LogP contribution is 2.28. The average molecular weight is 331 g/mol. The Balaban J connectivity index is 1.75. The molecule has 0 aliphatic carbocycles. The van der Waals surface area contributed by atoms with Crippen molar-refractivity contribution in [3.8, 4) is 0 Å². The van der Waals surface area contributed by atoms with Gasteiger partial charge in [-0.3, -0.25) is 4.79 Å². The lowest BCUT2D eigenvalue weighted by molar-refractivity contribution is -0.0227. The van der Waals surface area contributed by atoms with Crippen molar-refractivity contribution in [2.45, 2.75) is 12.6 Å². The SMILES string of the molecule is NCc1ccc(C(=O)N2CCO[C@@H](c3ccccc3Cl)C2)cc1. The third-order valence-corrected chi connectivity index (χ3v) is 4.39. The van der Waals surface area contributed by atoms with E-state index in [0.29, 0.717) is 36.8 Å². The zero-order valence-corrected chi connectivity index (χ0v) is 13.5. The number of hydrogen-bond donors (Lipinski definition) is 1. The highest BCUT2D eigenvalue weighted by molar-refractivity contribution is 6.31. The number of hydrogen-bond acceptors (Lipinski definition) is 3. The summed E-state index contributed by atoms with van der Waals surface area (Å²) in [5.74, 6) is 0.00826. The van der Waals surface area contributed by atoms with Crippen LogP contribution in [0.25, 0.3) is 0 Å². The van der Waals surface area contributed by atoms with Crippen LogP contribution in [-0.2, 0) is 11.3 Å². The van der Waals surface area contributed by atoms with Gasteiger partial charge in [0.15, 0.2) is 0 Å². The number of nitrogens with two attached hydrogens (primary N) is 1. The summed E-state index contributed by atoms with van der Waals surface area (Å²) in [5.41, 5.74) is 8.19. The Labute approximate surface area is 140 Å². The molecular formula is C18H19ClN2O2. The molecule has 1 atom stereocenters. The monoisotopic (exact) mass is 330 g/mol. The van der Waals surface area contributed by atoms with Gasteiger partial charge in [-0.25, -0.2) is 0 Å². The molecule has 3 rings (SSSR count). The molecule has 5 heteroatoms. The van der Waals surface area contributed by atoms with E-state index in [2.05, 4.69) is 0 Å². The first-order valence-electron chi connectivity index (χ1n) is 7.63. The number of nitrogens with zero attached hydrogens (tertiary/aromatic N) is 1. The minimum atomic E-state index is -0.190. The van der Waals surface area contributed by atoms with E-state index in [1.807, 2.05) is 53.4 Å². The Morgan fingerprint density at radius 3 is 2.65 bits per heavy atom. The number of amides is 1. The van der Waals surface area contributed by atoms with Gasteiger partial charge in [0, 0.05) is 29.2 Å². The van der Waals surface area contributed by atoms with Gasteiger partial charge in [0.1, 0.15) is 6.10 Å². The molecule has 1 heterocycles. The van der Waals surface area contributed by atoms with Gasteiger partial charge in [0.2, 0.25) is 0 Å². The normalized spacial score (nSPS) is 18.0. The van der Waals surface area contributed by atoms with Gasteiger partial charge >= 0.3 is 0 Å². The van der Waals surface area contributed by atoms with Crippen LogP contribution in [0.3, 0.4) is 0 Å². The van der Waals surface area contributed by atoms with Crippen molar-refractivity contribution in [1.82, 2.24) is 4.90 Å². The molecule has 1 aliphatic heterocycles. The molecule has 120 valence electrons. The second-order valence-corrected chi connectivity index (χ2v) is 5.94. The second-order valence-electron chi connectivity index (χ2n) is 5.53. The lowest BCUT2D eigenvalue weighted by Gasteiger charge is -2.33.